The number of benzene rings is 1. The maximum atomic E-state index is 14.6. The fourth-order valence-corrected chi connectivity index (χ4v) is 3.90. The predicted octanol–water partition coefficient (Wildman–Crippen LogP) is 4.99. The summed E-state index contributed by atoms with van der Waals surface area (Å²) < 4.78 is 68.9. The van der Waals surface area contributed by atoms with Crippen LogP contribution in [0.5, 0.6) is 0 Å². The highest BCUT2D eigenvalue weighted by atomic mass is 35.5. The van der Waals surface area contributed by atoms with Crippen LogP contribution in [0.3, 0.4) is 0 Å². The minimum absolute atomic E-state index is 0. The minimum atomic E-state index is -4.46. The van der Waals surface area contributed by atoms with E-state index in [2.05, 4.69) is 9.88 Å². The Morgan fingerprint density at radius 1 is 1.10 bits per heavy atom. The van der Waals surface area contributed by atoms with E-state index in [1.54, 1.807) is 4.57 Å². The second-order valence-corrected chi connectivity index (χ2v) is 7.18. The van der Waals surface area contributed by atoms with Crippen LogP contribution in [0.25, 0.3) is 10.9 Å². The third kappa shape index (κ3) is 4.09. The zero-order valence-electron chi connectivity index (χ0n) is 15.6. The van der Waals surface area contributed by atoms with Crippen molar-refractivity contribution in [3.05, 3.63) is 64.6 Å². The van der Waals surface area contributed by atoms with E-state index >= 15 is 0 Å². The molecule has 0 N–H and O–H groups in total. The van der Waals surface area contributed by atoms with Gasteiger partial charge in [-0.1, -0.05) is 0 Å². The number of nitrogens with zero attached hydrogens (tertiary/aromatic N) is 3. The van der Waals surface area contributed by atoms with Crippen molar-refractivity contribution in [3.8, 4) is 0 Å². The number of rotatable bonds is 3. The maximum Gasteiger partial charge on any atom is 0.417 e. The van der Waals surface area contributed by atoms with Gasteiger partial charge in [-0.2, -0.15) is 13.2 Å². The normalized spacial score (nSPS) is 14.7. The van der Waals surface area contributed by atoms with Gasteiger partial charge in [0, 0.05) is 55.6 Å². The number of fused-ring (bicyclic) bond motifs is 3. The van der Waals surface area contributed by atoms with E-state index < -0.39 is 23.4 Å². The van der Waals surface area contributed by atoms with Gasteiger partial charge in [-0.25, -0.2) is 8.78 Å². The van der Waals surface area contributed by atoms with Crippen molar-refractivity contribution in [3.63, 3.8) is 0 Å². The van der Waals surface area contributed by atoms with Gasteiger partial charge in [0.2, 0.25) is 0 Å². The highest BCUT2D eigenvalue weighted by molar-refractivity contribution is 5.86. The van der Waals surface area contributed by atoms with Crippen LogP contribution in [0.2, 0.25) is 0 Å². The number of hydrogen-bond acceptors (Lipinski definition) is 2. The van der Waals surface area contributed by atoms with Crippen LogP contribution in [0.4, 0.5) is 22.0 Å². The molecular formula is C20H19ClF5N3. The molecule has 0 amide bonds. The van der Waals surface area contributed by atoms with Gasteiger partial charge in [-0.05, 0) is 36.7 Å². The lowest BCUT2D eigenvalue weighted by Crippen LogP contribution is -2.27. The zero-order chi connectivity index (χ0) is 20.1. The molecule has 1 aliphatic heterocycles. The molecule has 4 rings (SSSR count). The van der Waals surface area contributed by atoms with Crippen molar-refractivity contribution < 1.29 is 22.0 Å². The molecule has 3 aromatic rings. The smallest absolute Gasteiger partial charge is 0.342 e. The molecule has 1 aliphatic rings. The fraction of sp³-hybridized carbons (Fsp3) is 0.350. The minimum Gasteiger partial charge on any atom is -0.342 e. The lowest BCUT2D eigenvalue weighted by Gasteiger charge is -2.24. The average molecular weight is 432 g/mol. The molecule has 0 aliphatic carbocycles. The summed E-state index contributed by atoms with van der Waals surface area (Å²) in [6.45, 7) is 1.65. The molecular weight excluding hydrogens is 413 g/mol. The first-order chi connectivity index (χ1) is 13.2. The highest BCUT2D eigenvalue weighted by Crippen LogP contribution is 2.33. The molecule has 0 saturated carbocycles. The van der Waals surface area contributed by atoms with Gasteiger partial charge in [0.05, 0.1) is 11.1 Å². The SMILES string of the molecule is CN1CCc2c(c3cc(F)cc(F)c3n2CCc2cncc(C(F)(F)F)c2)C1.Cl. The number of hydrogen-bond donors (Lipinski definition) is 0. The predicted molar refractivity (Wildman–Crippen MR) is 102 cm³/mol. The van der Waals surface area contributed by atoms with Gasteiger partial charge in [-0.15, -0.1) is 12.4 Å². The molecule has 3 nitrogen and oxygen atoms in total. The van der Waals surface area contributed by atoms with Crippen molar-refractivity contribution in [1.29, 1.82) is 0 Å². The molecule has 0 radical (unpaired) electrons. The third-order valence-electron chi connectivity index (χ3n) is 5.20. The van der Waals surface area contributed by atoms with Gasteiger partial charge >= 0.3 is 6.18 Å². The van der Waals surface area contributed by atoms with E-state index in [0.29, 0.717) is 36.0 Å². The highest BCUT2D eigenvalue weighted by Gasteiger charge is 2.31. The number of pyridine rings is 1. The van der Waals surface area contributed by atoms with Gasteiger partial charge in [-0.3, -0.25) is 4.98 Å². The molecule has 2 aromatic heterocycles. The first-order valence-corrected chi connectivity index (χ1v) is 8.92. The zero-order valence-corrected chi connectivity index (χ0v) is 16.4. The van der Waals surface area contributed by atoms with E-state index in [1.807, 2.05) is 7.05 Å². The Morgan fingerprint density at radius 3 is 2.59 bits per heavy atom. The summed E-state index contributed by atoms with van der Waals surface area (Å²) in [5, 5.41) is 0.529. The molecule has 9 heteroatoms. The van der Waals surface area contributed by atoms with Crippen molar-refractivity contribution in [2.75, 3.05) is 13.6 Å². The van der Waals surface area contributed by atoms with Gasteiger partial charge in [0.25, 0.3) is 0 Å². The van der Waals surface area contributed by atoms with Crippen LogP contribution in [0.15, 0.2) is 30.6 Å². The summed E-state index contributed by atoms with van der Waals surface area (Å²) in [5.74, 6) is -1.30. The third-order valence-corrected chi connectivity index (χ3v) is 5.20. The second kappa shape index (κ2) is 7.91. The lowest BCUT2D eigenvalue weighted by molar-refractivity contribution is -0.137. The van der Waals surface area contributed by atoms with Crippen LogP contribution in [0, 0.1) is 11.6 Å². The van der Waals surface area contributed by atoms with Crippen LogP contribution in [0.1, 0.15) is 22.4 Å². The number of halogens is 6. The molecule has 0 unspecified atom stereocenters. The summed E-state index contributed by atoms with van der Waals surface area (Å²) in [4.78, 5) is 5.76. The Kier molecular flexibility index (Phi) is 5.87. The Balaban J connectivity index is 0.00000240. The molecule has 0 fully saturated rings. The summed E-state index contributed by atoms with van der Waals surface area (Å²) in [6.07, 6.45) is -1.36. The van der Waals surface area contributed by atoms with Gasteiger partial charge in [0.1, 0.15) is 11.6 Å². The summed E-state index contributed by atoms with van der Waals surface area (Å²) in [6, 6.07) is 3.24. The molecule has 1 aromatic carbocycles. The quantitative estimate of drug-likeness (QED) is 0.545. The van der Waals surface area contributed by atoms with E-state index in [0.717, 1.165) is 36.1 Å². The van der Waals surface area contributed by atoms with Crippen LogP contribution >= 0.6 is 12.4 Å². The number of likely N-dealkylation sites (N-methyl/N-ethyl adjacent to an activating group) is 1. The topological polar surface area (TPSA) is 21.1 Å². The molecule has 0 atom stereocenters. The molecule has 0 spiro atoms. The van der Waals surface area contributed by atoms with Crippen molar-refractivity contribution in [2.45, 2.75) is 32.1 Å². The van der Waals surface area contributed by atoms with E-state index in [1.165, 1.54) is 12.3 Å². The summed E-state index contributed by atoms with van der Waals surface area (Å²) in [5.41, 5.74) is 1.71. The molecule has 0 saturated heterocycles. The Bertz CT molecular complexity index is 1040. The van der Waals surface area contributed by atoms with Crippen molar-refractivity contribution >= 4 is 23.3 Å². The van der Waals surface area contributed by atoms with Gasteiger partial charge in [0.15, 0.2) is 0 Å². The summed E-state index contributed by atoms with van der Waals surface area (Å²) in [7, 11) is 1.94. The number of aromatic nitrogens is 2. The van der Waals surface area contributed by atoms with E-state index in [4.69, 9.17) is 0 Å². The largest absolute Gasteiger partial charge is 0.417 e. The van der Waals surface area contributed by atoms with Gasteiger partial charge < -0.3 is 9.47 Å². The average Bonchev–Trinajstić information content (AvgIpc) is 2.93. The lowest BCUT2D eigenvalue weighted by atomic mass is 10.0. The van der Waals surface area contributed by atoms with Crippen LogP contribution < -0.4 is 0 Å². The maximum absolute atomic E-state index is 14.6. The Hall–Kier alpha value is -2.19. The number of alkyl halides is 3. The number of aryl methyl sites for hydroxylation is 2. The van der Waals surface area contributed by atoms with Crippen LogP contribution in [-0.4, -0.2) is 28.0 Å². The van der Waals surface area contributed by atoms with E-state index in [9.17, 15) is 22.0 Å². The Morgan fingerprint density at radius 2 is 1.86 bits per heavy atom. The summed E-state index contributed by atoms with van der Waals surface area (Å²) >= 11 is 0. The second-order valence-electron chi connectivity index (χ2n) is 7.18. The van der Waals surface area contributed by atoms with Crippen molar-refractivity contribution in [2.24, 2.45) is 0 Å². The van der Waals surface area contributed by atoms with Crippen molar-refractivity contribution in [1.82, 2.24) is 14.5 Å². The Labute approximate surface area is 170 Å². The standard InChI is InChI=1S/C20H18F5N3.ClH/c1-27-4-3-18-16(11-27)15-7-14(21)8-17(22)19(15)28(18)5-2-12-6-13(10-26-9-12)20(23,24)25;/h6-10H,2-5,11H2,1H3;1H. The monoisotopic (exact) mass is 431 g/mol. The fourth-order valence-electron chi connectivity index (χ4n) is 3.90. The first-order valence-electron chi connectivity index (χ1n) is 8.92. The molecule has 29 heavy (non-hydrogen) atoms. The molecule has 156 valence electrons. The molecule has 0 bridgehead atoms. The first kappa shape index (κ1) is 21.5. The molecule has 3 heterocycles. The van der Waals surface area contributed by atoms with Crippen LogP contribution in [-0.2, 0) is 32.1 Å². The van der Waals surface area contributed by atoms with E-state index in [-0.39, 0.29) is 18.8 Å².